The molecule has 3 heteroatoms. The van der Waals surface area contributed by atoms with Gasteiger partial charge in [-0.3, -0.25) is 14.9 Å². The van der Waals surface area contributed by atoms with Crippen molar-refractivity contribution in [3.63, 3.8) is 0 Å². The summed E-state index contributed by atoms with van der Waals surface area (Å²) in [5, 5.41) is 2.25. The van der Waals surface area contributed by atoms with Crippen molar-refractivity contribution in [3.05, 3.63) is 41.0 Å². The first-order chi connectivity index (χ1) is 6.72. The van der Waals surface area contributed by atoms with Crippen LogP contribution in [-0.2, 0) is 0 Å². The molecule has 3 nitrogen and oxygen atoms in total. The van der Waals surface area contributed by atoms with Crippen LogP contribution in [-0.4, -0.2) is 11.8 Å². The number of rotatable bonds is 1. The number of nitrogens with one attached hydrogen (secondary N) is 1. The summed E-state index contributed by atoms with van der Waals surface area (Å²) < 4.78 is 0. The van der Waals surface area contributed by atoms with E-state index in [2.05, 4.69) is 5.32 Å². The van der Waals surface area contributed by atoms with E-state index in [-0.39, 0.29) is 11.8 Å². The molecule has 1 N–H and O–H groups in total. The van der Waals surface area contributed by atoms with Crippen molar-refractivity contribution in [1.29, 1.82) is 0 Å². The third kappa shape index (κ3) is 1.23. The molecule has 0 spiro atoms. The molecule has 0 saturated carbocycles. The summed E-state index contributed by atoms with van der Waals surface area (Å²) in [6.07, 6.45) is 3.77. The maximum atomic E-state index is 11.3. The Bertz CT molecular complexity index is 447. The number of benzene rings is 1. The number of hydrogen-bond acceptors (Lipinski definition) is 2. The Morgan fingerprint density at radius 3 is 2.57 bits per heavy atom. The number of carbonyl (C=O) groups is 2. The Balaban J connectivity index is 2.55. The SMILES string of the molecule is C/C=C/c1ccc2c(c1)C(=O)NC2=O. The molecule has 0 atom stereocenters. The van der Waals surface area contributed by atoms with Gasteiger partial charge in [-0.2, -0.15) is 0 Å². The molecule has 0 aliphatic carbocycles. The van der Waals surface area contributed by atoms with E-state index in [9.17, 15) is 9.59 Å². The second kappa shape index (κ2) is 3.10. The lowest BCUT2D eigenvalue weighted by Gasteiger charge is -1.96. The second-order valence-corrected chi connectivity index (χ2v) is 3.09. The van der Waals surface area contributed by atoms with Gasteiger partial charge in [0.05, 0.1) is 11.1 Å². The largest absolute Gasteiger partial charge is 0.288 e. The highest BCUT2D eigenvalue weighted by Gasteiger charge is 2.26. The van der Waals surface area contributed by atoms with E-state index in [1.165, 1.54) is 0 Å². The first-order valence-corrected chi connectivity index (χ1v) is 4.35. The van der Waals surface area contributed by atoms with E-state index in [0.29, 0.717) is 11.1 Å². The number of fused-ring (bicyclic) bond motifs is 1. The molecule has 2 amide bonds. The first kappa shape index (κ1) is 8.69. The predicted octanol–water partition coefficient (Wildman–Crippen LogP) is 1.60. The van der Waals surface area contributed by atoms with Gasteiger partial charge in [-0.1, -0.05) is 18.2 Å². The van der Waals surface area contributed by atoms with Gasteiger partial charge in [-0.15, -0.1) is 0 Å². The highest BCUT2D eigenvalue weighted by molar-refractivity contribution is 6.21. The minimum absolute atomic E-state index is 0.308. The summed E-state index contributed by atoms with van der Waals surface area (Å²) in [4.78, 5) is 22.5. The van der Waals surface area contributed by atoms with Gasteiger partial charge in [-0.25, -0.2) is 0 Å². The van der Waals surface area contributed by atoms with Crippen molar-refractivity contribution < 1.29 is 9.59 Å². The van der Waals surface area contributed by atoms with Gasteiger partial charge in [-0.05, 0) is 24.6 Å². The van der Waals surface area contributed by atoms with Crippen molar-refractivity contribution in [2.24, 2.45) is 0 Å². The maximum Gasteiger partial charge on any atom is 0.258 e. The van der Waals surface area contributed by atoms with Crippen molar-refractivity contribution in [2.45, 2.75) is 6.92 Å². The van der Waals surface area contributed by atoms with Gasteiger partial charge < -0.3 is 0 Å². The summed E-state index contributed by atoms with van der Waals surface area (Å²) in [6.45, 7) is 1.90. The molecular formula is C11H9NO2. The monoisotopic (exact) mass is 187 g/mol. The van der Waals surface area contributed by atoms with E-state index < -0.39 is 0 Å². The molecule has 0 unspecified atom stereocenters. The Morgan fingerprint density at radius 1 is 1.14 bits per heavy atom. The van der Waals surface area contributed by atoms with Crippen LogP contribution in [0, 0.1) is 0 Å². The first-order valence-electron chi connectivity index (χ1n) is 4.35. The molecule has 70 valence electrons. The summed E-state index contributed by atoms with van der Waals surface area (Å²) in [6, 6.07) is 5.21. The Morgan fingerprint density at radius 2 is 1.86 bits per heavy atom. The standard InChI is InChI=1S/C11H9NO2/c1-2-3-7-4-5-8-9(6-7)11(14)12-10(8)13/h2-6H,1H3,(H,12,13,14)/b3-2+. The third-order valence-electron chi connectivity index (χ3n) is 2.12. The zero-order valence-corrected chi connectivity index (χ0v) is 7.70. The molecule has 1 aliphatic rings. The smallest absolute Gasteiger partial charge is 0.258 e. The Kier molecular flexibility index (Phi) is 1.93. The molecule has 1 aromatic rings. The number of carbonyl (C=O) groups excluding carboxylic acids is 2. The second-order valence-electron chi connectivity index (χ2n) is 3.09. The Hall–Kier alpha value is -1.90. The molecular weight excluding hydrogens is 178 g/mol. The van der Waals surface area contributed by atoms with Crippen molar-refractivity contribution in [3.8, 4) is 0 Å². The minimum atomic E-state index is -0.309. The molecule has 0 fully saturated rings. The van der Waals surface area contributed by atoms with Crippen LogP contribution in [0.3, 0.4) is 0 Å². The number of imide groups is 1. The van der Waals surface area contributed by atoms with Crippen LogP contribution in [0.4, 0.5) is 0 Å². The van der Waals surface area contributed by atoms with Crippen LogP contribution in [0.5, 0.6) is 0 Å². The van der Waals surface area contributed by atoms with Crippen LogP contribution in [0.1, 0.15) is 33.2 Å². The maximum absolute atomic E-state index is 11.3. The quantitative estimate of drug-likeness (QED) is 0.679. The Labute approximate surface area is 81.4 Å². The molecule has 2 rings (SSSR count). The van der Waals surface area contributed by atoms with E-state index in [0.717, 1.165) is 5.56 Å². The molecule has 1 aromatic carbocycles. The number of hydrogen-bond donors (Lipinski definition) is 1. The van der Waals surface area contributed by atoms with Gasteiger partial charge >= 0.3 is 0 Å². The average molecular weight is 187 g/mol. The van der Waals surface area contributed by atoms with Crippen LogP contribution in [0.2, 0.25) is 0 Å². The van der Waals surface area contributed by atoms with Crippen molar-refractivity contribution in [1.82, 2.24) is 5.32 Å². The fourth-order valence-electron chi connectivity index (χ4n) is 1.48. The van der Waals surface area contributed by atoms with Crippen molar-refractivity contribution in [2.75, 3.05) is 0 Å². The molecule has 0 saturated heterocycles. The average Bonchev–Trinajstić information content (AvgIpc) is 2.43. The lowest BCUT2D eigenvalue weighted by Crippen LogP contribution is -2.19. The van der Waals surface area contributed by atoms with Crippen LogP contribution in [0.25, 0.3) is 6.08 Å². The predicted molar refractivity (Wildman–Crippen MR) is 52.9 cm³/mol. The van der Waals surface area contributed by atoms with Gasteiger partial charge in [0.2, 0.25) is 0 Å². The molecule has 0 bridgehead atoms. The molecule has 0 aromatic heterocycles. The minimum Gasteiger partial charge on any atom is -0.288 e. The van der Waals surface area contributed by atoms with E-state index >= 15 is 0 Å². The third-order valence-corrected chi connectivity index (χ3v) is 2.12. The van der Waals surface area contributed by atoms with Crippen molar-refractivity contribution >= 4 is 17.9 Å². The topological polar surface area (TPSA) is 46.2 Å². The highest BCUT2D eigenvalue weighted by Crippen LogP contribution is 2.17. The van der Waals surface area contributed by atoms with Gasteiger partial charge in [0.1, 0.15) is 0 Å². The molecule has 0 radical (unpaired) electrons. The summed E-state index contributed by atoms with van der Waals surface area (Å²) >= 11 is 0. The normalized spacial score (nSPS) is 14.6. The van der Waals surface area contributed by atoms with E-state index in [1.54, 1.807) is 12.1 Å². The summed E-state index contributed by atoms with van der Waals surface area (Å²) in [5.74, 6) is -0.617. The highest BCUT2D eigenvalue weighted by atomic mass is 16.2. The summed E-state index contributed by atoms with van der Waals surface area (Å²) in [7, 11) is 0. The molecule has 1 heterocycles. The zero-order chi connectivity index (χ0) is 10.1. The lowest BCUT2D eigenvalue weighted by atomic mass is 10.1. The van der Waals surface area contributed by atoms with Crippen LogP contribution in [0.15, 0.2) is 24.3 Å². The van der Waals surface area contributed by atoms with Gasteiger partial charge in [0, 0.05) is 0 Å². The number of allylic oxidation sites excluding steroid dienone is 1. The fraction of sp³-hybridized carbons (Fsp3) is 0.0909. The van der Waals surface area contributed by atoms with Gasteiger partial charge in [0.25, 0.3) is 11.8 Å². The van der Waals surface area contributed by atoms with E-state index in [1.807, 2.05) is 25.1 Å². The number of amides is 2. The van der Waals surface area contributed by atoms with Gasteiger partial charge in [0.15, 0.2) is 0 Å². The summed E-state index contributed by atoms with van der Waals surface area (Å²) in [5.41, 5.74) is 1.85. The molecule has 1 aliphatic heterocycles. The lowest BCUT2D eigenvalue weighted by molar-refractivity contribution is 0.0879. The zero-order valence-electron chi connectivity index (χ0n) is 7.70. The molecule has 14 heavy (non-hydrogen) atoms. The van der Waals surface area contributed by atoms with E-state index in [4.69, 9.17) is 0 Å². The fourth-order valence-corrected chi connectivity index (χ4v) is 1.48. The van der Waals surface area contributed by atoms with Crippen LogP contribution >= 0.6 is 0 Å². The van der Waals surface area contributed by atoms with Crippen LogP contribution < -0.4 is 5.32 Å².